The van der Waals surface area contributed by atoms with E-state index in [4.69, 9.17) is 9.47 Å². The molecule has 3 aliphatic rings. The molecule has 1 aliphatic carbocycles. The van der Waals surface area contributed by atoms with Crippen molar-refractivity contribution in [3.8, 4) is 0 Å². The third-order valence-corrected chi connectivity index (χ3v) is 5.39. The Morgan fingerprint density at radius 1 is 1.22 bits per heavy atom. The molecule has 3 fully saturated rings. The minimum absolute atomic E-state index is 0.0930. The molecule has 0 bridgehead atoms. The van der Waals surface area contributed by atoms with Crippen molar-refractivity contribution in [2.45, 2.75) is 44.1 Å². The van der Waals surface area contributed by atoms with Crippen LogP contribution >= 0.6 is 0 Å². The number of hydrogen-bond donors (Lipinski definition) is 1. The van der Waals surface area contributed by atoms with Gasteiger partial charge in [0.05, 0.1) is 12.2 Å². The topological polar surface area (TPSA) is 30.5 Å². The second-order valence-corrected chi connectivity index (χ2v) is 6.50. The minimum Gasteiger partial charge on any atom is -0.378 e. The summed E-state index contributed by atoms with van der Waals surface area (Å²) in [5, 5.41) is 3.38. The van der Waals surface area contributed by atoms with E-state index in [0.717, 1.165) is 44.0 Å². The molecule has 3 heteroatoms. The Kier molecular flexibility index (Phi) is 3.92. The molecule has 2 aliphatic heterocycles. The van der Waals surface area contributed by atoms with Gasteiger partial charge in [-0.2, -0.15) is 0 Å². The fourth-order valence-corrected chi connectivity index (χ4v) is 4.50. The van der Waals surface area contributed by atoms with E-state index >= 15 is 0 Å². The molecule has 4 atom stereocenters. The maximum absolute atomic E-state index is 6.07. The van der Waals surface area contributed by atoms with Crippen LogP contribution < -0.4 is 5.32 Å². The van der Waals surface area contributed by atoms with E-state index < -0.39 is 0 Å². The predicted octanol–water partition coefficient (Wildman–Crippen LogP) is 2.21. The van der Waals surface area contributed by atoms with E-state index in [1.54, 1.807) is 0 Å². The van der Waals surface area contributed by atoms with E-state index in [0.29, 0.717) is 0 Å². The Morgan fingerprint density at radius 3 is 2.94 bits per heavy atom. The van der Waals surface area contributed by atoms with E-state index in [-0.39, 0.29) is 5.60 Å². The molecule has 0 radical (unpaired) electrons. The molecule has 3 rings (SSSR count). The zero-order valence-corrected chi connectivity index (χ0v) is 11.6. The van der Waals surface area contributed by atoms with Crippen molar-refractivity contribution in [2.75, 3.05) is 33.4 Å². The largest absolute Gasteiger partial charge is 0.378 e. The van der Waals surface area contributed by atoms with Crippen molar-refractivity contribution < 1.29 is 9.47 Å². The number of nitrogens with one attached hydrogen (secondary N) is 1. The Morgan fingerprint density at radius 2 is 2.17 bits per heavy atom. The van der Waals surface area contributed by atoms with Crippen molar-refractivity contribution >= 4 is 0 Å². The average Bonchev–Trinajstić information content (AvgIpc) is 3.00. The maximum atomic E-state index is 6.07. The molecular weight excluding hydrogens is 226 g/mol. The highest BCUT2D eigenvalue weighted by Crippen LogP contribution is 2.45. The smallest absolute Gasteiger partial charge is 0.0939 e. The molecule has 0 aromatic heterocycles. The normalized spacial score (nSPS) is 44.8. The zero-order valence-electron chi connectivity index (χ0n) is 11.6. The van der Waals surface area contributed by atoms with Crippen LogP contribution in [0.2, 0.25) is 0 Å². The molecule has 0 aromatic rings. The lowest BCUT2D eigenvalue weighted by atomic mass is 9.74. The highest BCUT2D eigenvalue weighted by atomic mass is 16.6. The second-order valence-electron chi connectivity index (χ2n) is 6.50. The van der Waals surface area contributed by atoms with Crippen LogP contribution in [-0.2, 0) is 9.47 Å². The first-order valence-corrected chi connectivity index (χ1v) is 7.69. The van der Waals surface area contributed by atoms with Crippen LogP contribution in [-0.4, -0.2) is 39.0 Å². The number of rotatable bonds is 3. The summed E-state index contributed by atoms with van der Waals surface area (Å²) in [5.74, 6) is 2.71. The standard InChI is InChI=1S/C15H27NO2/c1-16-10-13-3-2-4-14(13)12-5-7-18-15(9-12)6-8-17-11-15/h12-14,16H,2-11H2,1H3. The molecule has 18 heavy (non-hydrogen) atoms. The van der Waals surface area contributed by atoms with Crippen LogP contribution in [0.4, 0.5) is 0 Å². The van der Waals surface area contributed by atoms with Crippen LogP contribution in [0.3, 0.4) is 0 Å². The van der Waals surface area contributed by atoms with Gasteiger partial charge in [0.1, 0.15) is 0 Å². The molecule has 1 saturated carbocycles. The van der Waals surface area contributed by atoms with Crippen LogP contribution in [0.25, 0.3) is 0 Å². The Balaban J connectivity index is 1.64. The van der Waals surface area contributed by atoms with Gasteiger partial charge in [-0.15, -0.1) is 0 Å². The van der Waals surface area contributed by atoms with E-state index in [1.807, 2.05) is 0 Å². The Hall–Kier alpha value is -0.120. The summed E-state index contributed by atoms with van der Waals surface area (Å²) in [7, 11) is 2.09. The van der Waals surface area contributed by atoms with Crippen LogP contribution in [0.15, 0.2) is 0 Å². The van der Waals surface area contributed by atoms with Gasteiger partial charge < -0.3 is 14.8 Å². The first kappa shape index (κ1) is 12.9. The molecule has 104 valence electrons. The third-order valence-electron chi connectivity index (χ3n) is 5.39. The summed E-state index contributed by atoms with van der Waals surface area (Å²) in [6.07, 6.45) is 7.93. The molecule has 0 amide bonds. The number of ether oxygens (including phenoxy) is 2. The molecule has 0 aromatic carbocycles. The zero-order chi connectivity index (χ0) is 12.4. The van der Waals surface area contributed by atoms with Crippen molar-refractivity contribution in [1.29, 1.82) is 0 Å². The minimum atomic E-state index is 0.0930. The summed E-state index contributed by atoms with van der Waals surface area (Å²) in [4.78, 5) is 0. The van der Waals surface area contributed by atoms with E-state index in [1.165, 1.54) is 38.6 Å². The average molecular weight is 253 g/mol. The van der Waals surface area contributed by atoms with Crippen LogP contribution in [0.5, 0.6) is 0 Å². The highest BCUT2D eigenvalue weighted by Gasteiger charge is 2.44. The molecule has 2 heterocycles. The fraction of sp³-hybridized carbons (Fsp3) is 1.00. The lowest BCUT2D eigenvalue weighted by Gasteiger charge is -2.41. The van der Waals surface area contributed by atoms with Crippen molar-refractivity contribution in [3.05, 3.63) is 0 Å². The van der Waals surface area contributed by atoms with Crippen LogP contribution in [0, 0.1) is 17.8 Å². The molecule has 1 spiro atoms. The second kappa shape index (κ2) is 5.48. The molecular formula is C15H27NO2. The van der Waals surface area contributed by atoms with E-state index in [2.05, 4.69) is 12.4 Å². The summed E-state index contributed by atoms with van der Waals surface area (Å²) < 4.78 is 11.7. The summed E-state index contributed by atoms with van der Waals surface area (Å²) in [5.41, 5.74) is 0.0930. The monoisotopic (exact) mass is 253 g/mol. The molecule has 4 unspecified atom stereocenters. The lowest BCUT2D eigenvalue weighted by Crippen LogP contribution is -2.43. The third kappa shape index (κ3) is 2.45. The van der Waals surface area contributed by atoms with Crippen molar-refractivity contribution in [3.63, 3.8) is 0 Å². The first-order chi connectivity index (χ1) is 8.83. The fourth-order valence-electron chi connectivity index (χ4n) is 4.50. The van der Waals surface area contributed by atoms with Crippen molar-refractivity contribution in [2.24, 2.45) is 17.8 Å². The van der Waals surface area contributed by atoms with Gasteiger partial charge in [-0.25, -0.2) is 0 Å². The highest BCUT2D eigenvalue weighted by molar-refractivity contribution is 4.94. The van der Waals surface area contributed by atoms with Gasteiger partial charge >= 0.3 is 0 Å². The van der Waals surface area contributed by atoms with Crippen LogP contribution in [0.1, 0.15) is 38.5 Å². The van der Waals surface area contributed by atoms with Gasteiger partial charge in [0.25, 0.3) is 0 Å². The van der Waals surface area contributed by atoms with Gasteiger partial charge in [0.2, 0.25) is 0 Å². The molecule has 1 N–H and O–H groups in total. The van der Waals surface area contributed by atoms with E-state index in [9.17, 15) is 0 Å². The summed E-state index contributed by atoms with van der Waals surface area (Å²) >= 11 is 0. The quantitative estimate of drug-likeness (QED) is 0.836. The van der Waals surface area contributed by atoms with Crippen molar-refractivity contribution in [1.82, 2.24) is 5.32 Å². The molecule has 2 saturated heterocycles. The van der Waals surface area contributed by atoms with Gasteiger partial charge in [0.15, 0.2) is 0 Å². The first-order valence-electron chi connectivity index (χ1n) is 7.69. The number of hydrogen-bond acceptors (Lipinski definition) is 3. The lowest BCUT2D eigenvalue weighted by molar-refractivity contribution is -0.109. The van der Waals surface area contributed by atoms with Gasteiger partial charge in [-0.1, -0.05) is 6.42 Å². The van der Waals surface area contributed by atoms with Gasteiger partial charge in [-0.05, 0) is 57.0 Å². The van der Waals surface area contributed by atoms with Gasteiger partial charge in [0, 0.05) is 19.6 Å². The molecule has 3 nitrogen and oxygen atoms in total. The maximum Gasteiger partial charge on any atom is 0.0939 e. The van der Waals surface area contributed by atoms with Gasteiger partial charge in [-0.3, -0.25) is 0 Å². The predicted molar refractivity (Wildman–Crippen MR) is 71.6 cm³/mol. The summed E-state index contributed by atoms with van der Waals surface area (Å²) in [6.45, 7) is 3.90. The summed E-state index contributed by atoms with van der Waals surface area (Å²) in [6, 6.07) is 0. The SMILES string of the molecule is CNCC1CCCC1C1CCOC2(CCOC2)C1. The Bertz CT molecular complexity index is 276. The Labute approximate surface area is 111 Å².